The summed E-state index contributed by atoms with van der Waals surface area (Å²) < 4.78 is 26.0. The smallest absolute Gasteiger partial charge is 0.225 e. The maximum absolute atomic E-state index is 12.2. The molecule has 2 rings (SSSR count). The van der Waals surface area contributed by atoms with Gasteiger partial charge in [0, 0.05) is 32.1 Å². The average Bonchev–Trinajstić information content (AvgIpc) is 2.60. The summed E-state index contributed by atoms with van der Waals surface area (Å²) in [4.78, 5) is 14.1. The zero-order chi connectivity index (χ0) is 14.6. The standard InChI is InChI=1S/C14H26N2O3S/c1-2-3-12-20(18,19)16-9-5-8-15(10-11-16)14(17)13-6-4-7-13/h13H,2-12H2,1H3. The summed E-state index contributed by atoms with van der Waals surface area (Å²) >= 11 is 0. The molecule has 116 valence electrons. The van der Waals surface area contributed by atoms with Crippen LogP contribution in [-0.4, -0.2) is 55.5 Å². The second-order valence-electron chi connectivity index (χ2n) is 5.88. The van der Waals surface area contributed by atoms with Crippen LogP contribution in [0.1, 0.15) is 45.4 Å². The Balaban J connectivity index is 1.89. The lowest BCUT2D eigenvalue weighted by Gasteiger charge is -2.31. The van der Waals surface area contributed by atoms with Crippen molar-refractivity contribution in [1.29, 1.82) is 0 Å². The van der Waals surface area contributed by atoms with Crippen molar-refractivity contribution in [2.75, 3.05) is 31.9 Å². The van der Waals surface area contributed by atoms with Gasteiger partial charge in [-0.3, -0.25) is 4.79 Å². The molecule has 5 nitrogen and oxygen atoms in total. The van der Waals surface area contributed by atoms with Gasteiger partial charge < -0.3 is 4.90 Å². The third-order valence-corrected chi connectivity index (χ3v) is 6.33. The minimum absolute atomic E-state index is 0.207. The third-order valence-electron chi connectivity index (χ3n) is 4.37. The van der Waals surface area contributed by atoms with Crippen LogP contribution < -0.4 is 0 Å². The number of nitrogens with zero attached hydrogens (tertiary/aromatic N) is 2. The largest absolute Gasteiger partial charge is 0.341 e. The van der Waals surface area contributed by atoms with E-state index in [4.69, 9.17) is 0 Å². The highest BCUT2D eigenvalue weighted by atomic mass is 32.2. The topological polar surface area (TPSA) is 57.7 Å². The number of hydrogen-bond donors (Lipinski definition) is 0. The third kappa shape index (κ3) is 3.73. The Morgan fingerprint density at radius 2 is 1.85 bits per heavy atom. The van der Waals surface area contributed by atoms with Crippen molar-refractivity contribution in [1.82, 2.24) is 9.21 Å². The van der Waals surface area contributed by atoms with Crippen LogP contribution in [0.5, 0.6) is 0 Å². The summed E-state index contributed by atoms with van der Waals surface area (Å²) in [6.07, 6.45) is 5.52. The van der Waals surface area contributed by atoms with Gasteiger partial charge in [0.15, 0.2) is 0 Å². The minimum Gasteiger partial charge on any atom is -0.341 e. The van der Waals surface area contributed by atoms with E-state index in [0.717, 1.165) is 32.1 Å². The van der Waals surface area contributed by atoms with Crippen molar-refractivity contribution in [2.45, 2.75) is 45.4 Å². The molecule has 1 saturated carbocycles. The van der Waals surface area contributed by atoms with Crippen LogP contribution in [0.2, 0.25) is 0 Å². The van der Waals surface area contributed by atoms with Gasteiger partial charge in [-0.05, 0) is 25.7 Å². The van der Waals surface area contributed by atoms with E-state index in [1.165, 1.54) is 0 Å². The second kappa shape index (κ2) is 6.89. The number of carbonyl (C=O) groups is 1. The first-order valence-electron chi connectivity index (χ1n) is 7.81. The molecular formula is C14H26N2O3S. The Hall–Kier alpha value is -0.620. The van der Waals surface area contributed by atoms with Crippen LogP contribution in [0.25, 0.3) is 0 Å². The van der Waals surface area contributed by atoms with Gasteiger partial charge in [0.05, 0.1) is 5.75 Å². The average molecular weight is 302 g/mol. The molecule has 6 heteroatoms. The summed E-state index contributed by atoms with van der Waals surface area (Å²) in [5, 5.41) is 0. The molecule has 1 saturated heterocycles. The molecular weight excluding hydrogens is 276 g/mol. The van der Waals surface area contributed by atoms with Crippen LogP contribution in [0, 0.1) is 5.92 Å². The Bertz CT molecular complexity index is 432. The van der Waals surface area contributed by atoms with Gasteiger partial charge in [0.1, 0.15) is 0 Å². The minimum atomic E-state index is -3.13. The molecule has 2 fully saturated rings. The van der Waals surface area contributed by atoms with E-state index < -0.39 is 10.0 Å². The zero-order valence-electron chi connectivity index (χ0n) is 12.4. The van der Waals surface area contributed by atoms with E-state index in [2.05, 4.69) is 0 Å². The zero-order valence-corrected chi connectivity index (χ0v) is 13.2. The maximum Gasteiger partial charge on any atom is 0.225 e. The molecule has 0 aromatic heterocycles. The molecule has 1 heterocycles. The summed E-state index contributed by atoms with van der Waals surface area (Å²) in [5.41, 5.74) is 0. The Morgan fingerprint density at radius 3 is 2.45 bits per heavy atom. The lowest BCUT2D eigenvalue weighted by Crippen LogP contribution is -2.42. The van der Waals surface area contributed by atoms with Crippen molar-refractivity contribution < 1.29 is 13.2 Å². The summed E-state index contributed by atoms with van der Waals surface area (Å²) in [5.74, 6) is 0.683. The predicted octanol–water partition coefficient (Wildman–Crippen LogP) is 1.45. The molecule has 1 amide bonds. The lowest BCUT2D eigenvalue weighted by atomic mass is 9.84. The van der Waals surface area contributed by atoms with Crippen molar-refractivity contribution in [3.8, 4) is 0 Å². The van der Waals surface area contributed by atoms with Gasteiger partial charge in [-0.15, -0.1) is 0 Å². The molecule has 0 aromatic carbocycles. The van der Waals surface area contributed by atoms with E-state index in [-0.39, 0.29) is 17.6 Å². The highest BCUT2D eigenvalue weighted by molar-refractivity contribution is 7.89. The van der Waals surface area contributed by atoms with Crippen LogP contribution >= 0.6 is 0 Å². The first-order chi connectivity index (χ1) is 9.54. The summed E-state index contributed by atoms with van der Waals surface area (Å²) in [7, 11) is -3.13. The number of amides is 1. The Labute approximate surface area is 122 Å². The molecule has 0 radical (unpaired) electrons. The Morgan fingerprint density at radius 1 is 1.10 bits per heavy atom. The van der Waals surface area contributed by atoms with E-state index in [1.54, 1.807) is 4.31 Å². The molecule has 0 N–H and O–H groups in total. The number of sulfonamides is 1. The van der Waals surface area contributed by atoms with Gasteiger partial charge in [-0.1, -0.05) is 19.8 Å². The van der Waals surface area contributed by atoms with Gasteiger partial charge in [0.25, 0.3) is 0 Å². The fourth-order valence-corrected chi connectivity index (χ4v) is 4.44. The molecule has 0 unspecified atom stereocenters. The van der Waals surface area contributed by atoms with Gasteiger partial charge in [-0.25, -0.2) is 12.7 Å². The van der Waals surface area contributed by atoms with Gasteiger partial charge in [-0.2, -0.15) is 0 Å². The molecule has 0 bridgehead atoms. The highest BCUT2D eigenvalue weighted by Gasteiger charge is 2.32. The second-order valence-corrected chi connectivity index (χ2v) is 7.96. The quantitative estimate of drug-likeness (QED) is 0.772. The molecule has 0 spiro atoms. The highest BCUT2D eigenvalue weighted by Crippen LogP contribution is 2.28. The fourth-order valence-electron chi connectivity index (χ4n) is 2.76. The number of rotatable bonds is 5. The predicted molar refractivity (Wildman–Crippen MR) is 78.8 cm³/mol. The number of unbranched alkanes of at least 4 members (excludes halogenated alkanes) is 1. The molecule has 0 atom stereocenters. The molecule has 2 aliphatic rings. The van der Waals surface area contributed by atoms with Crippen molar-refractivity contribution in [2.24, 2.45) is 5.92 Å². The van der Waals surface area contributed by atoms with Crippen molar-refractivity contribution in [3.63, 3.8) is 0 Å². The van der Waals surface area contributed by atoms with E-state index in [9.17, 15) is 13.2 Å². The monoisotopic (exact) mass is 302 g/mol. The Kier molecular flexibility index (Phi) is 5.43. The van der Waals surface area contributed by atoms with Crippen LogP contribution in [0.15, 0.2) is 0 Å². The van der Waals surface area contributed by atoms with Crippen LogP contribution in [-0.2, 0) is 14.8 Å². The van der Waals surface area contributed by atoms with Crippen molar-refractivity contribution in [3.05, 3.63) is 0 Å². The van der Waals surface area contributed by atoms with E-state index in [0.29, 0.717) is 32.6 Å². The van der Waals surface area contributed by atoms with E-state index in [1.807, 2.05) is 11.8 Å². The molecule has 1 aliphatic carbocycles. The van der Waals surface area contributed by atoms with E-state index >= 15 is 0 Å². The van der Waals surface area contributed by atoms with Crippen LogP contribution in [0.4, 0.5) is 0 Å². The fraction of sp³-hybridized carbons (Fsp3) is 0.929. The normalized spacial score (nSPS) is 22.4. The van der Waals surface area contributed by atoms with Crippen molar-refractivity contribution >= 4 is 15.9 Å². The molecule has 1 aliphatic heterocycles. The molecule has 0 aromatic rings. The number of carbonyl (C=O) groups excluding carboxylic acids is 1. The lowest BCUT2D eigenvalue weighted by molar-refractivity contribution is -0.138. The summed E-state index contributed by atoms with van der Waals surface area (Å²) in [6, 6.07) is 0. The first kappa shape index (κ1) is 15.8. The van der Waals surface area contributed by atoms with Gasteiger partial charge >= 0.3 is 0 Å². The number of hydrogen-bond acceptors (Lipinski definition) is 3. The SMILES string of the molecule is CCCCS(=O)(=O)N1CCCN(C(=O)C2CCC2)CC1. The van der Waals surface area contributed by atoms with Crippen LogP contribution in [0.3, 0.4) is 0 Å². The first-order valence-corrected chi connectivity index (χ1v) is 9.42. The molecule has 20 heavy (non-hydrogen) atoms. The maximum atomic E-state index is 12.2. The summed E-state index contributed by atoms with van der Waals surface area (Å²) in [6.45, 7) is 4.28. The van der Waals surface area contributed by atoms with Gasteiger partial charge in [0.2, 0.25) is 15.9 Å².